The quantitative estimate of drug-likeness (QED) is 0.477. The van der Waals surface area contributed by atoms with Crippen LogP contribution in [-0.2, 0) is 4.79 Å². The van der Waals surface area contributed by atoms with E-state index in [1.165, 1.54) is 18.6 Å². The van der Waals surface area contributed by atoms with Crippen molar-refractivity contribution in [3.63, 3.8) is 0 Å². The van der Waals surface area contributed by atoms with E-state index in [1.54, 1.807) is 32.2 Å². The highest BCUT2D eigenvalue weighted by molar-refractivity contribution is 5.98. The second-order valence-electron chi connectivity index (χ2n) is 10.5. The number of anilines is 1. The molecule has 4 rings (SSSR count). The molecule has 0 aromatic heterocycles. The molecule has 0 bridgehead atoms. The molecule has 2 aliphatic rings. The second-order valence-corrected chi connectivity index (χ2v) is 10.5. The number of Topliss-reactive ketones (excluding diaryl/α,β-unsaturated/α-hetero) is 1. The van der Waals surface area contributed by atoms with E-state index >= 15 is 0 Å². The lowest BCUT2D eigenvalue weighted by molar-refractivity contribution is -0.125. The van der Waals surface area contributed by atoms with Gasteiger partial charge in [-0.15, -0.1) is 0 Å². The van der Waals surface area contributed by atoms with Crippen LogP contribution in [-0.4, -0.2) is 75.4 Å². The molecule has 2 aromatic carbocycles. The van der Waals surface area contributed by atoms with Gasteiger partial charge in [0.15, 0.2) is 0 Å². The lowest BCUT2D eigenvalue weighted by atomic mass is 9.77. The summed E-state index contributed by atoms with van der Waals surface area (Å²) in [5.74, 6) is 0.296. The summed E-state index contributed by atoms with van der Waals surface area (Å²) < 4.78 is 19.0. The smallest absolute Gasteiger partial charge is 0.253 e. The number of nitrogens with zero attached hydrogens (tertiary/aromatic N) is 3. The van der Waals surface area contributed by atoms with Crippen LogP contribution < -0.4 is 9.64 Å². The number of carbonyl (C=O) groups is 2. The number of hydrogen-bond acceptors (Lipinski definition) is 5. The number of carbonyl (C=O) groups excluding carboxylic acids is 2. The molecule has 37 heavy (non-hydrogen) atoms. The average molecular weight is 510 g/mol. The molecule has 1 saturated carbocycles. The van der Waals surface area contributed by atoms with Gasteiger partial charge in [0.2, 0.25) is 0 Å². The minimum Gasteiger partial charge on any atom is -0.494 e. The summed E-state index contributed by atoms with van der Waals surface area (Å²) in [7, 11) is 5.08. The fourth-order valence-corrected chi connectivity index (χ4v) is 5.80. The van der Waals surface area contributed by atoms with Crippen LogP contribution in [0, 0.1) is 11.7 Å². The summed E-state index contributed by atoms with van der Waals surface area (Å²) in [6.45, 7) is 4.10. The molecule has 1 aliphatic carbocycles. The Morgan fingerprint density at radius 2 is 1.73 bits per heavy atom. The van der Waals surface area contributed by atoms with Gasteiger partial charge in [0.05, 0.1) is 12.8 Å². The molecule has 2 fully saturated rings. The number of piperazine rings is 1. The van der Waals surface area contributed by atoms with E-state index in [9.17, 15) is 14.0 Å². The monoisotopic (exact) mass is 509 g/mol. The van der Waals surface area contributed by atoms with Gasteiger partial charge in [-0.1, -0.05) is 37.5 Å². The maximum atomic E-state index is 13.9. The van der Waals surface area contributed by atoms with Gasteiger partial charge >= 0.3 is 0 Å². The van der Waals surface area contributed by atoms with Crippen LogP contribution in [0.15, 0.2) is 42.5 Å². The van der Waals surface area contributed by atoms with Gasteiger partial charge in [0, 0.05) is 63.7 Å². The number of halogens is 1. The highest BCUT2D eigenvalue weighted by Crippen LogP contribution is 2.34. The summed E-state index contributed by atoms with van der Waals surface area (Å²) in [5.41, 5.74) is 2.41. The summed E-state index contributed by atoms with van der Waals surface area (Å²) in [5, 5.41) is 0. The summed E-state index contributed by atoms with van der Waals surface area (Å²) >= 11 is 0. The van der Waals surface area contributed by atoms with Crippen LogP contribution in [0.3, 0.4) is 0 Å². The Kier molecular flexibility index (Phi) is 9.19. The van der Waals surface area contributed by atoms with Gasteiger partial charge in [0.1, 0.15) is 17.3 Å². The van der Waals surface area contributed by atoms with Crippen LogP contribution >= 0.6 is 0 Å². The molecular weight excluding hydrogens is 469 g/mol. The predicted molar refractivity (Wildman–Crippen MR) is 145 cm³/mol. The minimum absolute atomic E-state index is 0.0566. The van der Waals surface area contributed by atoms with Crippen LogP contribution in [0.1, 0.15) is 60.4 Å². The zero-order valence-corrected chi connectivity index (χ0v) is 22.4. The van der Waals surface area contributed by atoms with Crippen molar-refractivity contribution >= 4 is 17.4 Å². The van der Waals surface area contributed by atoms with Gasteiger partial charge in [-0.2, -0.15) is 0 Å². The number of benzene rings is 2. The number of ether oxygens (including phenoxy) is 1. The van der Waals surface area contributed by atoms with E-state index < -0.39 is 0 Å². The van der Waals surface area contributed by atoms with Gasteiger partial charge in [-0.25, -0.2) is 4.39 Å². The first-order valence-electron chi connectivity index (χ1n) is 13.5. The summed E-state index contributed by atoms with van der Waals surface area (Å²) in [6, 6.07) is 12.3. The molecule has 0 spiro atoms. The Labute approximate surface area is 220 Å². The molecule has 1 atom stereocenters. The van der Waals surface area contributed by atoms with Gasteiger partial charge in [-0.05, 0) is 49.6 Å². The Bertz CT molecular complexity index is 1080. The molecule has 0 N–H and O–H groups in total. The molecule has 1 aliphatic heterocycles. The highest BCUT2D eigenvalue weighted by atomic mass is 19.1. The first kappa shape index (κ1) is 27.1. The van der Waals surface area contributed by atoms with E-state index in [0.29, 0.717) is 23.5 Å². The lowest BCUT2D eigenvalue weighted by Gasteiger charge is -2.37. The average Bonchev–Trinajstić information content (AvgIpc) is 2.93. The standard InChI is InChI=1S/C30H40FN3O3/c1-32(2)30(36)26-12-8-7-11-24(26)25(29(35)22-9-5-4-6-10-22)15-16-33-17-19-34(20-18-33)27-14-13-23(31)21-28(27)37-3/h7-8,11-14,21-22,25H,4-6,9-10,15-20H2,1-3H3. The van der Waals surface area contributed by atoms with E-state index in [1.807, 2.05) is 24.3 Å². The third kappa shape index (κ3) is 6.50. The number of methoxy groups -OCH3 is 1. The van der Waals surface area contributed by atoms with Crippen molar-refractivity contribution in [1.82, 2.24) is 9.80 Å². The molecule has 200 valence electrons. The maximum Gasteiger partial charge on any atom is 0.253 e. The molecule has 1 heterocycles. The van der Waals surface area contributed by atoms with Crippen LogP contribution in [0.4, 0.5) is 10.1 Å². The van der Waals surface area contributed by atoms with Gasteiger partial charge in [-0.3, -0.25) is 14.5 Å². The molecule has 6 nitrogen and oxygen atoms in total. The minimum atomic E-state index is -0.305. The number of amides is 1. The molecule has 0 radical (unpaired) electrons. The van der Waals surface area contributed by atoms with E-state index in [0.717, 1.165) is 69.7 Å². The Morgan fingerprint density at radius 3 is 2.41 bits per heavy atom. The molecular formula is C30H40FN3O3. The fourth-order valence-electron chi connectivity index (χ4n) is 5.80. The zero-order chi connectivity index (χ0) is 26.4. The number of ketones is 1. The normalized spacial score (nSPS) is 17.9. The number of hydrogen-bond donors (Lipinski definition) is 0. The Balaban J connectivity index is 1.47. The van der Waals surface area contributed by atoms with Crippen molar-refractivity contribution in [3.05, 3.63) is 59.4 Å². The maximum absolute atomic E-state index is 13.9. The van der Waals surface area contributed by atoms with E-state index in [4.69, 9.17) is 4.74 Å². The summed E-state index contributed by atoms with van der Waals surface area (Å²) in [4.78, 5) is 33.0. The molecule has 1 amide bonds. The second kappa shape index (κ2) is 12.5. The predicted octanol–water partition coefficient (Wildman–Crippen LogP) is 4.98. The van der Waals surface area contributed by atoms with Gasteiger partial charge in [0.25, 0.3) is 5.91 Å². The zero-order valence-electron chi connectivity index (χ0n) is 22.4. The third-order valence-electron chi connectivity index (χ3n) is 7.91. The van der Waals surface area contributed by atoms with Crippen molar-refractivity contribution in [3.8, 4) is 5.75 Å². The molecule has 1 unspecified atom stereocenters. The molecule has 2 aromatic rings. The molecule has 7 heteroatoms. The van der Waals surface area contributed by atoms with E-state index in [-0.39, 0.29) is 23.6 Å². The topological polar surface area (TPSA) is 53.1 Å². The first-order valence-corrected chi connectivity index (χ1v) is 13.5. The number of rotatable bonds is 9. The van der Waals surface area contributed by atoms with Crippen molar-refractivity contribution in [2.45, 2.75) is 44.4 Å². The van der Waals surface area contributed by atoms with Crippen molar-refractivity contribution < 1.29 is 18.7 Å². The van der Waals surface area contributed by atoms with Crippen LogP contribution in [0.5, 0.6) is 5.75 Å². The highest BCUT2D eigenvalue weighted by Gasteiger charge is 2.32. The largest absolute Gasteiger partial charge is 0.494 e. The first-order chi connectivity index (χ1) is 17.9. The van der Waals surface area contributed by atoms with Crippen molar-refractivity contribution in [1.29, 1.82) is 0 Å². The van der Waals surface area contributed by atoms with Crippen LogP contribution in [0.25, 0.3) is 0 Å². The van der Waals surface area contributed by atoms with Crippen molar-refractivity contribution in [2.24, 2.45) is 5.92 Å². The van der Waals surface area contributed by atoms with Crippen molar-refractivity contribution in [2.75, 3.05) is 58.8 Å². The Morgan fingerprint density at radius 1 is 1.03 bits per heavy atom. The lowest BCUT2D eigenvalue weighted by Crippen LogP contribution is -2.47. The molecule has 1 saturated heterocycles. The SMILES string of the molecule is COc1cc(F)ccc1N1CCN(CCC(C(=O)C2CCCCC2)c2ccccc2C(=O)N(C)C)CC1. The van der Waals surface area contributed by atoms with Gasteiger partial charge < -0.3 is 14.5 Å². The van der Waals surface area contributed by atoms with Crippen LogP contribution in [0.2, 0.25) is 0 Å². The van der Waals surface area contributed by atoms with E-state index in [2.05, 4.69) is 9.80 Å². The summed E-state index contributed by atoms with van der Waals surface area (Å²) in [6.07, 6.45) is 6.03. The third-order valence-corrected chi connectivity index (χ3v) is 7.91. The fraction of sp³-hybridized carbons (Fsp3) is 0.533. The Hall–Kier alpha value is -2.93.